The van der Waals surface area contributed by atoms with Crippen LogP contribution in [0.15, 0.2) is 24.4 Å². The molecule has 2 aromatic rings. The van der Waals surface area contributed by atoms with Crippen LogP contribution >= 0.6 is 23.2 Å². The lowest BCUT2D eigenvalue weighted by Crippen LogP contribution is -2.43. The van der Waals surface area contributed by atoms with Gasteiger partial charge in [0.05, 0.1) is 28.9 Å². The smallest absolute Gasteiger partial charge is 0.342 e. The first-order chi connectivity index (χ1) is 11.4. The molecule has 0 aliphatic carbocycles. The van der Waals surface area contributed by atoms with Crippen molar-refractivity contribution in [2.75, 3.05) is 18.1 Å². The molecular formula is C16H15Cl2N3O3. The molecule has 1 aliphatic heterocycles. The Bertz CT molecular complexity index is 819. The molecule has 24 heavy (non-hydrogen) atoms. The number of hydrogen-bond acceptors (Lipinski definition) is 4. The minimum Gasteiger partial charge on any atom is -0.462 e. The zero-order valence-electron chi connectivity index (χ0n) is 13.1. The number of aromatic nitrogens is 2. The Labute approximate surface area is 148 Å². The van der Waals surface area contributed by atoms with E-state index in [1.54, 1.807) is 34.7 Å². The molecule has 1 aliphatic rings. The number of rotatable bonds is 3. The molecule has 1 amide bonds. The second-order valence-corrected chi connectivity index (χ2v) is 6.25. The van der Waals surface area contributed by atoms with Gasteiger partial charge in [0.1, 0.15) is 11.3 Å². The van der Waals surface area contributed by atoms with E-state index < -0.39 is 5.97 Å². The number of hydrogen-bond donors (Lipinski definition) is 0. The van der Waals surface area contributed by atoms with Gasteiger partial charge in [-0.15, -0.1) is 0 Å². The van der Waals surface area contributed by atoms with Crippen LogP contribution in [0, 0.1) is 0 Å². The van der Waals surface area contributed by atoms with E-state index in [9.17, 15) is 9.59 Å². The van der Waals surface area contributed by atoms with Gasteiger partial charge in [-0.25, -0.2) is 4.79 Å². The lowest BCUT2D eigenvalue weighted by Gasteiger charge is -2.32. The van der Waals surface area contributed by atoms with Gasteiger partial charge < -0.3 is 9.64 Å². The highest BCUT2D eigenvalue weighted by Gasteiger charge is 2.35. The molecule has 6 nitrogen and oxygen atoms in total. The van der Waals surface area contributed by atoms with Gasteiger partial charge in [-0.2, -0.15) is 5.10 Å². The number of ether oxygens (including phenoxy) is 1. The van der Waals surface area contributed by atoms with Crippen LogP contribution in [0.2, 0.25) is 10.0 Å². The van der Waals surface area contributed by atoms with Crippen LogP contribution in [0.3, 0.4) is 0 Å². The highest BCUT2D eigenvalue weighted by Crippen LogP contribution is 2.32. The Morgan fingerprint density at radius 2 is 2.12 bits per heavy atom. The fourth-order valence-electron chi connectivity index (χ4n) is 2.70. The van der Waals surface area contributed by atoms with Gasteiger partial charge in [0.2, 0.25) is 0 Å². The van der Waals surface area contributed by atoms with Crippen molar-refractivity contribution in [2.24, 2.45) is 0 Å². The van der Waals surface area contributed by atoms with Crippen molar-refractivity contribution in [1.29, 1.82) is 0 Å². The highest BCUT2D eigenvalue weighted by atomic mass is 35.5. The van der Waals surface area contributed by atoms with Crippen LogP contribution in [0.25, 0.3) is 0 Å². The molecule has 2 heterocycles. The molecule has 8 heteroatoms. The van der Waals surface area contributed by atoms with Crippen LogP contribution in [0.5, 0.6) is 0 Å². The number of nitrogens with zero attached hydrogens (tertiary/aromatic N) is 3. The summed E-state index contributed by atoms with van der Waals surface area (Å²) in [6, 6.07) is 4.88. The maximum atomic E-state index is 12.9. The minimum absolute atomic E-state index is 0.102. The minimum atomic E-state index is -0.560. The number of carbonyl (C=O) groups excluding carboxylic acids is 2. The SMILES string of the molecule is CCOC(=O)c1cnn2c1C(=O)N(c1ccc(Cl)c(Cl)c1)C[C@@H]2C. The Hall–Kier alpha value is -2.05. The van der Waals surface area contributed by atoms with Crippen molar-refractivity contribution in [1.82, 2.24) is 9.78 Å². The van der Waals surface area contributed by atoms with Gasteiger partial charge in [0.25, 0.3) is 5.91 Å². The van der Waals surface area contributed by atoms with E-state index in [1.807, 2.05) is 6.92 Å². The number of benzene rings is 1. The van der Waals surface area contributed by atoms with Crippen molar-refractivity contribution >= 4 is 40.8 Å². The molecule has 0 bridgehead atoms. The van der Waals surface area contributed by atoms with Gasteiger partial charge in [-0.1, -0.05) is 23.2 Å². The molecule has 126 valence electrons. The molecule has 0 unspecified atom stereocenters. The van der Waals surface area contributed by atoms with Gasteiger partial charge >= 0.3 is 5.97 Å². The standard InChI is InChI=1S/C16H15Cl2N3O3/c1-3-24-16(23)11-7-19-21-9(2)8-20(15(22)14(11)21)10-4-5-12(17)13(18)6-10/h4-7,9H,3,8H2,1-2H3/t9-/m0/s1. The van der Waals surface area contributed by atoms with Gasteiger partial charge in [-0.3, -0.25) is 9.48 Å². The van der Waals surface area contributed by atoms with E-state index in [2.05, 4.69) is 5.10 Å². The first-order valence-electron chi connectivity index (χ1n) is 7.45. The molecule has 3 rings (SSSR count). The lowest BCUT2D eigenvalue weighted by atomic mass is 10.1. The van der Waals surface area contributed by atoms with Crippen LogP contribution in [0.4, 0.5) is 5.69 Å². The predicted molar refractivity (Wildman–Crippen MR) is 91.0 cm³/mol. The summed E-state index contributed by atoms with van der Waals surface area (Å²) in [6.07, 6.45) is 1.38. The number of anilines is 1. The molecule has 0 fully saturated rings. The van der Waals surface area contributed by atoms with Crippen molar-refractivity contribution in [3.8, 4) is 0 Å². The summed E-state index contributed by atoms with van der Waals surface area (Å²) in [4.78, 5) is 26.6. The summed E-state index contributed by atoms with van der Waals surface area (Å²) in [6.45, 7) is 4.26. The fraction of sp³-hybridized carbons (Fsp3) is 0.312. The number of halogens is 2. The topological polar surface area (TPSA) is 64.4 Å². The second kappa shape index (κ2) is 6.45. The lowest BCUT2D eigenvalue weighted by molar-refractivity contribution is 0.0522. The molecule has 0 spiro atoms. The average Bonchev–Trinajstić information content (AvgIpc) is 3.00. The zero-order chi connectivity index (χ0) is 17.4. The molecule has 1 aromatic heterocycles. The Morgan fingerprint density at radius 1 is 1.38 bits per heavy atom. The highest BCUT2D eigenvalue weighted by molar-refractivity contribution is 6.42. The van der Waals surface area contributed by atoms with Crippen molar-refractivity contribution in [3.05, 3.63) is 45.7 Å². The van der Waals surface area contributed by atoms with E-state index in [0.29, 0.717) is 22.3 Å². The Morgan fingerprint density at radius 3 is 2.79 bits per heavy atom. The van der Waals surface area contributed by atoms with Gasteiger partial charge in [0.15, 0.2) is 0 Å². The summed E-state index contributed by atoms with van der Waals surface area (Å²) in [7, 11) is 0. The maximum Gasteiger partial charge on any atom is 0.342 e. The predicted octanol–water partition coefficient (Wildman–Crippen LogP) is 3.59. The summed E-state index contributed by atoms with van der Waals surface area (Å²) < 4.78 is 6.57. The zero-order valence-corrected chi connectivity index (χ0v) is 14.6. The van der Waals surface area contributed by atoms with E-state index in [0.717, 1.165) is 0 Å². The summed E-state index contributed by atoms with van der Waals surface area (Å²) in [5.41, 5.74) is 1.00. The molecule has 0 N–H and O–H groups in total. The van der Waals surface area contributed by atoms with Crippen LogP contribution in [-0.4, -0.2) is 34.8 Å². The quantitative estimate of drug-likeness (QED) is 0.777. The van der Waals surface area contributed by atoms with E-state index in [1.165, 1.54) is 6.20 Å². The van der Waals surface area contributed by atoms with Crippen molar-refractivity contribution in [3.63, 3.8) is 0 Å². The van der Waals surface area contributed by atoms with Crippen LogP contribution in [0.1, 0.15) is 40.7 Å². The third-order valence-corrected chi connectivity index (χ3v) is 4.56. The summed E-state index contributed by atoms with van der Waals surface area (Å²) in [5, 5.41) is 4.95. The number of carbonyl (C=O) groups is 2. The first-order valence-corrected chi connectivity index (χ1v) is 8.21. The average molecular weight is 368 g/mol. The molecule has 1 aromatic carbocycles. The number of esters is 1. The molecular weight excluding hydrogens is 353 g/mol. The van der Waals surface area contributed by atoms with Crippen molar-refractivity contribution in [2.45, 2.75) is 19.9 Å². The normalized spacial score (nSPS) is 16.9. The summed E-state index contributed by atoms with van der Waals surface area (Å²) >= 11 is 12.0. The fourth-order valence-corrected chi connectivity index (χ4v) is 2.99. The second-order valence-electron chi connectivity index (χ2n) is 5.44. The van der Waals surface area contributed by atoms with Crippen LogP contribution in [-0.2, 0) is 4.74 Å². The van der Waals surface area contributed by atoms with Crippen LogP contribution < -0.4 is 4.90 Å². The molecule has 0 radical (unpaired) electrons. The van der Waals surface area contributed by atoms with Crippen molar-refractivity contribution < 1.29 is 14.3 Å². The third kappa shape index (κ3) is 2.76. The summed E-state index contributed by atoms with van der Waals surface area (Å²) in [5.74, 6) is -0.887. The molecule has 1 atom stereocenters. The monoisotopic (exact) mass is 367 g/mol. The number of amides is 1. The Balaban J connectivity index is 2.04. The Kier molecular flexibility index (Phi) is 4.51. The maximum absolute atomic E-state index is 12.9. The number of fused-ring (bicyclic) bond motifs is 1. The van der Waals surface area contributed by atoms with E-state index in [-0.39, 0.29) is 29.8 Å². The van der Waals surface area contributed by atoms with Gasteiger partial charge in [0, 0.05) is 12.2 Å². The molecule has 0 saturated carbocycles. The van der Waals surface area contributed by atoms with E-state index in [4.69, 9.17) is 27.9 Å². The van der Waals surface area contributed by atoms with E-state index >= 15 is 0 Å². The van der Waals surface area contributed by atoms with Gasteiger partial charge in [-0.05, 0) is 32.0 Å². The molecule has 0 saturated heterocycles. The largest absolute Gasteiger partial charge is 0.462 e. The first kappa shape index (κ1) is 16.8. The third-order valence-electron chi connectivity index (χ3n) is 3.82.